The van der Waals surface area contributed by atoms with Crippen LogP contribution in [0.1, 0.15) is 27.2 Å². The van der Waals surface area contributed by atoms with Gasteiger partial charge in [-0.25, -0.2) is 8.42 Å². The first-order valence-electron chi connectivity index (χ1n) is 8.38. The van der Waals surface area contributed by atoms with Gasteiger partial charge in [-0.3, -0.25) is 9.59 Å². The van der Waals surface area contributed by atoms with Crippen molar-refractivity contribution in [1.29, 1.82) is 0 Å². The summed E-state index contributed by atoms with van der Waals surface area (Å²) in [5.41, 5.74) is 0.552. The van der Waals surface area contributed by atoms with Crippen molar-refractivity contribution in [1.82, 2.24) is 9.21 Å². The SMILES string of the molecule is CC(=O)Nc1ccc(S(=O)(=O)N2CCCN(C(=O)C(C)C)CC2)cc1. The molecule has 1 aromatic rings. The number of hydrogen-bond acceptors (Lipinski definition) is 4. The molecule has 0 bridgehead atoms. The summed E-state index contributed by atoms with van der Waals surface area (Å²) in [5.74, 6) is -0.249. The number of sulfonamides is 1. The van der Waals surface area contributed by atoms with Gasteiger partial charge in [0.25, 0.3) is 0 Å². The van der Waals surface area contributed by atoms with Crippen LogP contribution < -0.4 is 5.32 Å². The highest BCUT2D eigenvalue weighted by Crippen LogP contribution is 2.20. The molecule has 1 saturated heterocycles. The minimum absolute atomic E-state index is 0.0545. The number of carbonyl (C=O) groups excluding carboxylic acids is 2. The fourth-order valence-electron chi connectivity index (χ4n) is 2.78. The molecule has 138 valence electrons. The summed E-state index contributed by atoms with van der Waals surface area (Å²) < 4.78 is 27.1. The first kappa shape index (κ1) is 19.4. The fourth-order valence-corrected chi connectivity index (χ4v) is 4.25. The van der Waals surface area contributed by atoms with E-state index in [2.05, 4.69) is 5.32 Å². The van der Waals surface area contributed by atoms with Crippen LogP contribution in [0.2, 0.25) is 0 Å². The molecule has 2 rings (SSSR count). The van der Waals surface area contributed by atoms with Gasteiger partial charge in [0.1, 0.15) is 0 Å². The van der Waals surface area contributed by atoms with E-state index in [1.54, 1.807) is 17.0 Å². The molecule has 0 spiro atoms. The van der Waals surface area contributed by atoms with Crippen LogP contribution in [0.15, 0.2) is 29.2 Å². The van der Waals surface area contributed by atoms with Crippen LogP contribution in [0.3, 0.4) is 0 Å². The van der Waals surface area contributed by atoms with Gasteiger partial charge in [-0.15, -0.1) is 0 Å². The van der Waals surface area contributed by atoms with Crippen LogP contribution >= 0.6 is 0 Å². The Morgan fingerprint density at radius 1 is 1.04 bits per heavy atom. The van der Waals surface area contributed by atoms with Crippen molar-refractivity contribution in [2.45, 2.75) is 32.1 Å². The topological polar surface area (TPSA) is 86.8 Å². The molecule has 1 heterocycles. The lowest BCUT2D eigenvalue weighted by Crippen LogP contribution is -2.38. The summed E-state index contributed by atoms with van der Waals surface area (Å²) in [6, 6.07) is 6.12. The molecule has 1 aliphatic rings. The van der Waals surface area contributed by atoms with Gasteiger partial charge in [0, 0.05) is 44.7 Å². The van der Waals surface area contributed by atoms with Crippen LogP contribution in [0.5, 0.6) is 0 Å². The van der Waals surface area contributed by atoms with Gasteiger partial charge in [0.05, 0.1) is 4.90 Å². The van der Waals surface area contributed by atoms with Gasteiger partial charge in [-0.2, -0.15) is 4.31 Å². The second-order valence-electron chi connectivity index (χ2n) is 6.44. The summed E-state index contributed by atoms with van der Waals surface area (Å²) in [7, 11) is -3.62. The van der Waals surface area contributed by atoms with E-state index >= 15 is 0 Å². The van der Waals surface area contributed by atoms with E-state index in [-0.39, 0.29) is 29.2 Å². The Balaban J connectivity index is 2.11. The Kier molecular flexibility index (Phi) is 6.18. The number of rotatable bonds is 4. The number of amides is 2. The number of hydrogen-bond donors (Lipinski definition) is 1. The molecular weight excluding hydrogens is 342 g/mol. The van der Waals surface area contributed by atoms with E-state index in [1.165, 1.54) is 23.4 Å². The third-order valence-electron chi connectivity index (χ3n) is 4.07. The zero-order valence-corrected chi connectivity index (χ0v) is 15.7. The molecule has 0 atom stereocenters. The number of nitrogens with zero attached hydrogens (tertiary/aromatic N) is 2. The van der Waals surface area contributed by atoms with Crippen molar-refractivity contribution in [3.8, 4) is 0 Å². The van der Waals surface area contributed by atoms with Crippen molar-refractivity contribution in [2.75, 3.05) is 31.5 Å². The number of anilines is 1. The van der Waals surface area contributed by atoms with Gasteiger partial charge in [0.2, 0.25) is 21.8 Å². The summed E-state index contributed by atoms with van der Waals surface area (Å²) >= 11 is 0. The maximum Gasteiger partial charge on any atom is 0.243 e. The average molecular weight is 367 g/mol. The molecule has 1 aliphatic heterocycles. The van der Waals surface area contributed by atoms with E-state index in [0.717, 1.165) is 0 Å². The maximum absolute atomic E-state index is 12.8. The van der Waals surface area contributed by atoms with Gasteiger partial charge in [-0.1, -0.05) is 13.8 Å². The standard InChI is InChI=1S/C17H25N3O4S/c1-13(2)17(22)19-9-4-10-20(12-11-19)25(23,24)16-7-5-15(6-8-16)18-14(3)21/h5-8,13H,4,9-12H2,1-3H3,(H,18,21). The fraction of sp³-hybridized carbons (Fsp3) is 0.529. The van der Waals surface area contributed by atoms with Crippen LogP contribution in [0.4, 0.5) is 5.69 Å². The van der Waals surface area contributed by atoms with Crippen LogP contribution in [0.25, 0.3) is 0 Å². The Bertz CT molecular complexity index is 729. The van der Waals surface area contributed by atoms with Crippen molar-refractivity contribution in [3.63, 3.8) is 0 Å². The number of nitrogens with one attached hydrogen (secondary N) is 1. The van der Waals surface area contributed by atoms with Crippen molar-refractivity contribution >= 4 is 27.5 Å². The van der Waals surface area contributed by atoms with E-state index in [9.17, 15) is 18.0 Å². The lowest BCUT2D eigenvalue weighted by atomic mass is 10.2. The van der Waals surface area contributed by atoms with E-state index in [4.69, 9.17) is 0 Å². The van der Waals surface area contributed by atoms with Gasteiger partial charge in [-0.05, 0) is 30.7 Å². The highest BCUT2D eigenvalue weighted by atomic mass is 32.2. The molecule has 2 amide bonds. The number of carbonyl (C=O) groups is 2. The first-order valence-corrected chi connectivity index (χ1v) is 9.82. The second-order valence-corrected chi connectivity index (χ2v) is 8.38. The molecule has 25 heavy (non-hydrogen) atoms. The summed E-state index contributed by atoms with van der Waals surface area (Å²) in [6.45, 7) is 6.74. The molecule has 0 aliphatic carbocycles. The molecule has 7 nitrogen and oxygen atoms in total. The Morgan fingerprint density at radius 3 is 2.24 bits per heavy atom. The van der Waals surface area contributed by atoms with E-state index in [0.29, 0.717) is 31.7 Å². The van der Waals surface area contributed by atoms with Gasteiger partial charge < -0.3 is 10.2 Å². The molecule has 1 fully saturated rings. The zero-order valence-electron chi connectivity index (χ0n) is 14.9. The van der Waals surface area contributed by atoms with Crippen LogP contribution in [0, 0.1) is 5.92 Å². The predicted molar refractivity (Wildman–Crippen MR) is 95.5 cm³/mol. The first-order chi connectivity index (χ1) is 11.7. The minimum Gasteiger partial charge on any atom is -0.341 e. The largest absolute Gasteiger partial charge is 0.341 e. The predicted octanol–water partition coefficient (Wildman–Crippen LogP) is 1.52. The smallest absolute Gasteiger partial charge is 0.243 e. The molecule has 8 heteroatoms. The highest BCUT2D eigenvalue weighted by molar-refractivity contribution is 7.89. The monoisotopic (exact) mass is 367 g/mol. The van der Waals surface area contributed by atoms with Gasteiger partial charge >= 0.3 is 0 Å². The summed E-state index contributed by atoms with van der Waals surface area (Å²) in [6.07, 6.45) is 0.613. The van der Waals surface area contributed by atoms with E-state index in [1.807, 2.05) is 13.8 Å². The Morgan fingerprint density at radius 2 is 1.68 bits per heavy atom. The maximum atomic E-state index is 12.8. The molecule has 1 N–H and O–H groups in total. The quantitative estimate of drug-likeness (QED) is 0.874. The summed E-state index contributed by atoms with van der Waals surface area (Å²) in [4.78, 5) is 25.1. The van der Waals surface area contributed by atoms with Gasteiger partial charge in [0.15, 0.2) is 0 Å². The zero-order chi connectivity index (χ0) is 18.6. The Labute approximate surface area is 149 Å². The van der Waals surface area contributed by atoms with Crippen molar-refractivity contribution in [3.05, 3.63) is 24.3 Å². The molecular formula is C17H25N3O4S. The third-order valence-corrected chi connectivity index (χ3v) is 5.99. The Hall–Kier alpha value is -1.93. The average Bonchev–Trinajstić information content (AvgIpc) is 2.80. The highest BCUT2D eigenvalue weighted by Gasteiger charge is 2.28. The minimum atomic E-state index is -3.62. The van der Waals surface area contributed by atoms with Crippen LogP contribution in [-0.2, 0) is 19.6 Å². The lowest BCUT2D eigenvalue weighted by Gasteiger charge is -2.23. The molecule has 0 saturated carbocycles. The molecule has 1 aromatic carbocycles. The lowest BCUT2D eigenvalue weighted by molar-refractivity contribution is -0.134. The summed E-state index contributed by atoms with van der Waals surface area (Å²) in [5, 5.41) is 2.61. The van der Waals surface area contributed by atoms with Crippen molar-refractivity contribution in [2.24, 2.45) is 5.92 Å². The van der Waals surface area contributed by atoms with E-state index < -0.39 is 10.0 Å². The van der Waals surface area contributed by atoms with Crippen LogP contribution in [-0.4, -0.2) is 55.6 Å². The third kappa shape index (κ3) is 4.79. The molecule has 0 radical (unpaired) electrons. The van der Waals surface area contributed by atoms with Crippen molar-refractivity contribution < 1.29 is 18.0 Å². The molecule has 0 aromatic heterocycles. The molecule has 0 unspecified atom stereocenters. The second kappa shape index (κ2) is 7.97. The number of benzene rings is 1. The normalized spacial score (nSPS) is 16.6.